The van der Waals surface area contributed by atoms with E-state index in [1.807, 2.05) is 6.92 Å². The molecule has 22 heavy (non-hydrogen) atoms. The molecule has 0 aliphatic carbocycles. The molecular formula is C16H18O5S. The van der Waals surface area contributed by atoms with Gasteiger partial charge in [0.25, 0.3) is 10.1 Å². The van der Waals surface area contributed by atoms with E-state index in [0.29, 0.717) is 17.5 Å². The van der Waals surface area contributed by atoms with Gasteiger partial charge in [-0.2, -0.15) is 8.42 Å². The third-order valence-electron chi connectivity index (χ3n) is 3.87. The molecular weight excluding hydrogens is 304 g/mol. The zero-order valence-electron chi connectivity index (χ0n) is 12.1. The molecule has 0 bridgehead atoms. The molecule has 0 amide bonds. The van der Waals surface area contributed by atoms with Gasteiger partial charge in [-0.1, -0.05) is 31.2 Å². The minimum absolute atomic E-state index is 0.0753. The van der Waals surface area contributed by atoms with Gasteiger partial charge in [-0.25, -0.2) is 0 Å². The van der Waals surface area contributed by atoms with Crippen molar-refractivity contribution < 1.29 is 23.2 Å². The summed E-state index contributed by atoms with van der Waals surface area (Å²) < 4.78 is 32.5. The second kappa shape index (κ2) is 5.98. The predicted octanol–water partition coefficient (Wildman–Crippen LogP) is 2.68. The fourth-order valence-corrected chi connectivity index (χ4v) is 3.88. The number of phenolic OH excluding ortho intramolecular Hbond substituents is 2. The fourth-order valence-electron chi connectivity index (χ4n) is 2.72. The van der Waals surface area contributed by atoms with Crippen molar-refractivity contribution in [1.82, 2.24) is 0 Å². The van der Waals surface area contributed by atoms with Crippen LogP contribution in [0.1, 0.15) is 24.5 Å². The molecule has 118 valence electrons. The van der Waals surface area contributed by atoms with Crippen molar-refractivity contribution in [3.63, 3.8) is 0 Å². The van der Waals surface area contributed by atoms with Crippen molar-refractivity contribution in [2.24, 2.45) is 0 Å². The summed E-state index contributed by atoms with van der Waals surface area (Å²) in [6, 6.07) is 12.4. The molecule has 0 aliphatic rings. The van der Waals surface area contributed by atoms with Crippen LogP contribution >= 0.6 is 0 Å². The van der Waals surface area contributed by atoms with Gasteiger partial charge >= 0.3 is 0 Å². The number of aromatic hydroxyl groups is 2. The monoisotopic (exact) mass is 322 g/mol. The zero-order valence-corrected chi connectivity index (χ0v) is 12.9. The summed E-state index contributed by atoms with van der Waals surface area (Å²) >= 11 is 0. The average molecular weight is 322 g/mol. The predicted molar refractivity (Wildman–Crippen MR) is 83.7 cm³/mol. The van der Waals surface area contributed by atoms with E-state index in [-0.39, 0.29) is 11.5 Å². The highest BCUT2D eigenvalue weighted by Gasteiger charge is 2.37. The minimum Gasteiger partial charge on any atom is -0.508 e. The van der Waals surface area contributed by atoms with Crippen LogP contribution in [0.5, 0.6) is 11.5 Å². The Labute approximate surface area is 129 Å². The molecule has 0 radical (unpaired) electrons. The maximum absolute atomic E-state index is 11.5. The number of hydrogen-bond acceptors (Lipinski definition) is 4. The lowest BCUT2D eigenvalue weighted by Gasteiger charge is -2.33. The lowest BCUT2D eigenvalue weighted by atomic mass is 9.74. The number of phenols is 2. The van der Waals surface area contributed by atoms with Crippen LogP contribution in [0, 0.1) is 0 Å². The van der Waals surface area contributed by atoms with E-state index in [2.05, 4.69) is 0 Å². The molecule has 2 rings (SSSR count). The largest absolute Gasteiger partial charge is 0.508 e. The van der Waals surface area contributed by atoms with Crippen molar-refractivity contribution in [2.75, 3.05) is 5.75 Å². The number of rotatable bonds is 5. The highest BCUT2D eigenvalue weighted by atomic mass is 32.2. The van der Waals surface area contributed by atoms with Crippen molar-refractivity contribution in [1.29, 1.82) is 0 Å². The van der Waals surface area contributed by atoms with E-state index in [9.17, 15) is 23.2 Å². The third kappa shape index (κ3) is 3.40. The molecule has 5 nitrogen and oxygen atoms in total. The maximum atomic E-state index is 11.5. The SMILES string of the molecule is CCC(CS(=O)(=O)O)(c1ccc(O)cc1)c1ccc(O)cc1. The van der Waals surface area contributed by atoms with Gasteiger partial charge in [-0.05, 0) is 41.8 Å². The van der Waals surface area contributed by atoms with Crippen molar-refractivity contribution in [2.45, 2.75) is 18.8 Å². The van der Waals surface area contributed by atoms with Crippen molar-refractivity contribution >= 4 is 10.1 Å². The first-order valence-corrected chi connectivity index (χ1v) is 8.42. The van der Waals surface area contributed by atoms with Gasteiger partial charge in [-0.3, -0.25) is 4.55 Å². The average Bonchev–Trinajstić information content (AvgIpc) is 2.45. The summed E-state index contributed by atoms with van der Waals surface area (Å²) in [6.07, 6.45) is 0.419. The summed E-state index contributed by atoms with van der Waals surface area (Å²) in [5, 5.41) is 18.9. The molecule has 0 atom stereocenters. The molecule has 0 saturated carbocycles. The Balaban J connectivity index is 2.66. The Morgan fingerprint density at radius 3 is 1.50 bits per heavy atom. The summed E-state index contributed by atoms with van der Waals surface area (Å²) in [6.45, 7) is 1.82. The van der Waals surface area contributed by atoms with Crippen LogP contribution in [-0.4, -0.2) is 28.9 Å². The Hall–Kier alpha value is -2.05. The van der Waals surface area contributed by atoms with E-state index in [0.717, 1.165) is 0 Å². The summed E-state index contributed by atoms with van der Waals surface area (Å²) in [5.41, 5.74) is 0.363. The highest BCUT2D eigenvalue weighted by molar-refractivity contribution is 7.85. The Morgan fingerprint density at radius 1 is 0.864 bits per heavy atom. The lowest BCUT2D eigenvalue weighted by Crippen LogP contribution is -2.35. The molecule has 0 saturated heterocycles. The quantitative estimate of drug-likeness (QED) is 0.736. The normalized spacial score (nSPS) is 12.3. The van der Waals surface area contributed by atoms with Crippen molar-refractivity contribution in [3.05, 3.63) is 59.7 Å². The second-order valence-corrected chi connectivity index (χ2v) is 6.71. The van der Waals surface area contributed by atoms with Gasteiger partial charge < -0.3 is 10.2 Å². The molecule has 0 unspecified atom stereocenters. The Morgan fingerprint density at radius 2 is 1.23 bits per heavy atom. The molecule has 0 aliphatic heterocycles. The number of benzene rings is 2. The zero-order chi connectivity index (χ0) is 16.4. The molecule has 0 heterocycles. The van der Waals surface area contributed by atoms with Crippen molar-refractivity contribution in [3.8, 4) is 11.5 Å². The van der Waals surface area contributed by atoms with Crippen LogP contribution in [0.15, 0.2) is 48.5 Å². The molecule has 2 aromatic rings. The first-order chi connectivity index (χ1) is 10.3. The topological polar surface area (TPSA) is 94.8 Å². The van der Waals surface area contributed by atoms with Gasteiger partial charge in [0.2, 0.25) is 0 Å². The summed E-state index contributed by atoms with van der Waals surface area (Å²) in [7, 11) is -4.24. The minimum atomic E-state index is -4.24. The maximum Gasteiger partial charge on any atom is 0.266 e. The van der Waals surface area contributed by atoms with Crippen LogP contribution < -0.4 is 0 Å². The molecule has 0 fully saturated rings. The van der Waals surface area contributed by atoms with E-state index < -0.39 is 21.3 Å². The summed E-state index contributed by atoms with van der Waals surface area (Å²) in [4.78, 5) is 0. The molecule has 3 N–H and O–H groups in total. The summed E-state index contributed by atoms with van der Waals surface area (Å²) in [5.74, 6) is -0.330. The Bertz CT molecular complexity index is 688. The standard InChI is InChI=1S/C16H18O5S/c1-2-16(11-22(19,20)21,12-3-7-14(17)8-4-12)13-5-9-15(18)10-6-13/h3-10,17-18H,2,11H2,1H3,(H,19,20,21). The van der Waals surface area contributed by atoms with E-state index in [1.54, 1.807) is 24.3 Å². The van der Waals surface area contributed by atoms with Gasteiger partial charge in [0.15, 0.2) is 0 Å². The highest BCUT2D eigenvalue weighted by Crippen LogP contribution is 2.38. The molecule has 6 heteroatoms. The van der Waals surface area contributed by atoms with Crippen LogP contribution in [-0.2, 0) is 15.5 Å². The molecule has 0 spiro atoms. The molecule has 2 aromatic carbocycles. The smallest absolute Gasteiger partial charge is 0.266 e. The van der Waals surface area contributed by atoms with Gasteiger partial charge in [-0.15, -0.1) is 0 Å². The second-order valence-electron chi connectivity index (χ2n) is 5.26. The first kappa shape index (κ1) is 16.3. The van der Waals surface area contributed by atoms with E-state index >= 15 is 0 Å². The van der Waals surface area contributed by atoms with Gasteiger partial charge in [0, 0.05) is 5.41 Å². The van der Waals surface area contributed by atoms with E-state index in [1.165, 1.54) is 24.3 Å². The van der Waals surface area contributed by atoms with Gasteiger partial charge in [0.1, 0.15) is 11.5 Å². The third-order valence-corrected chi connectivity index (χ3v) is 4.73. The lowest BCUT2D eigenvalue weighted by molar-refractivity contribution is 0.452. The van der Waals surface area contributed by atoms with E-state index in [4.69, 9.17) is 0 Å². The first-order valence-electron chi connectivity index (χ1n) is 6.81. The number of hydrogen-bond donors (Lipinski definition) is 3. The van der Waals surface area contributed by atoms with Crippen LogP contribution in [0.4, 0.5) is 0 Å². The van der Waals surface area contributed by atoms with Crippen LogP contribution in [0.25, 0.3) is 0 Å². The van der Waals surface area contributed by atoms with Crippen LogP contribution in [0.3, 0.4) is 0 Å². The Kier molecular flexibility index (Phi) is 4.44. The fraction of sp³-hybridized carbons (Fsp3) is 0.250. The van der Waals surface area contributed by atoms with Crippen LogP contribution in [0.2, 0.25) is 0 Å². The molecule has 0 aromatic heterocycles. The van der Waals surface area contributed by atoms with Gasteiger partial charge in [0.05, 0.1) is 5.75 Å².